The monoisotopic (exact) mass is 592 g/mol. The maximum Gasteiger partial charge on any atom is 0.416 e. The lowest BCUT2D eigenvalue weighted by Crippen LogP contribution is -2.59. The highest BCUT2D eigenvalue weighted by Gasteiger charge is 2.60. The minimum atomic E-state index is -5.09. The molecule has 7 nitrogen and oxygen atoms in total. The molecule has 0 aliphatic carbocycles. The van der Waals surface area contributed by atoms with Crippen LogP contribution in [0.25, 0.3) is 5.57 Å². The third-order valence-electron chi connectivity index (χ3n) is 6.26. The van der Waals surface area contributed by atoms with Gasteiger partial charge in [-0.1, -0.05) is 42.0 Å². The number of ether oxygens (including phenoxy) is 1. The highest BCUT2D eigenvalue weighted by atomic mass is 32.2. The summed E-state index contributed by atoms with van der Waals surface area (Å²) in [6.45, 7) is 2.64. The summed E-state index contributed by atoms with van der Waals surface area (Å²) in [5, 5.41) is 1.88. The topological polar surface area (TPSA) is 102 Å². The molecule has 1 atom stereocenters. The third kappa shape index (κ3) is 7.14. The SMILES string of the molecule is CCS(=O)(=O)NC(=O)C1=C(c2ccc(C)cc2)CC(c2ccc(OCCCC(F)(F)F)cc2)(C(F)(F)F)NC1=O. The fraction of sp³-hybridized carbons (Fsp3) is 0.385. The Morgan fingerprint density at radius 3 is 2.15 bits per heavy atom. The van der Waals surface area contributed by atoms with Gasteiger partial charge in [0.05, 0.1) is 12.4 Å². The summed E-state index contributed by atoms with van der Waals surface area (Å²) < 4.78 is 112. The lowest BCUT2D eigenvalue weighted by atomic mass is 9.76. The van der Waals surface area contributed by atoms with E-state index in [-0.39, 0.29) is 29.9 Å². The Kier molecular flexibility index (Phi) is 8.92. The van der Waals surface area contributed by atoms with Crippen molar-refractivity contribution >= 4 is 27.4 Å². The number of carbonyl (C=O) groups is 2. The Morgan fingerprint density at radius 2 is 1.62 bits per heavy atom. The predicted octanol–water partition coefficient (Wildman–Crippen LogP) is 4.91. The van der Waals surface area contributed by atoms with E-state index < -0.39 is 69.5 Å². The van der Waals surface area contributed by atoms with Gasteiger partial charge >= 0.3 is 12.4 Å². The first-order valence-electron chi connectivity index (χ1n) is 12.0. The first-order valence-corrected chi connectivity index (χ1v) is 13.7. The van der Waals surface area contributed by atoms with E-state index in [0.717, 1.165) is 29.8 Å². The van der Waals surface area contributed by atoms with E-state index in [1.807, 2.05) is 5.32 Å². The molecule has 1 aliphatic rings. The zero-order valence-electron chi connectivity index (χ0n) is 21.4. The molecule has 2 N–H and O–H groups in total. The number of rotatable bonds is 9. The van der Waals surface area contributed by atoms with E-state index in [0.29, 0.717) is 0 Å². The van der Waals surface area contributed by atoms with Gasteiger partial charge in [-0.3, -0.25) is 9.59 Å². The lowest BCUT2D eigenvalue weighted by molar-refractivity contribution is -0.201. The highest BCUT2D eigenvalue weighted by molar-refractivity contribution is 7.90. The van der Waals surface area contributed by atoms with Crippen molar-refractivity contribution in [1.82, 2.24) is 10.0 Å². The quantitative estimate of drug-likeness (QED) is 0.245. The number of halogens is 6. The molecule has 2 aromatic rings. The van der Waals surface area contributed by atoms with Crippen LogP contribution >= 0.6 is 0 Å². The van der Waals surface area contributed by atoms with Gasteiger partial charge in [0.2, 0.25) is 10.0 Å². The minimum absolute atomic E-state index is 0.0181. The van der Waals surface area contributed by atoms with Crippen LogP contribution in [0.15, 0.2) is 54.1 Å². The van der Waals surface area contributed by atoms with Crippen LogP contribution in [0.1, 0.15) is 42.9 Å². The van der Waals surface area contributed by atoms with Gasteiger partial charge in [-0.05, 0) is 49.1 Å². The van der Waals surface area contributed by atoms with Crippen molar-refractivity contribution in [3.8, 4) is 5.75 Å². The molecule has 0 radical (unpaired) electrons. The number of amides is 2. The number of alkyl halides is 6. The molecule has 2 amide bonds. The van der Waals surface area contributed by atoms with Gasteiger partial charge in [-0.15, -0.1) is 0 Å². The summed E-state index contributed by atoms with van der Waals surface area (Å²) in [5.74, 6) is -3.29. The number of nitrogens with one attached hydrogen (secondary N) is 2. The Bertz CT molecular complexity index is 1380. The summed E-state index contributed by atoms with van der Waals surface area (Å²) in [5.41, 5.74) is -3.69. The van der Waals surface area contributed by atoms with E-state index >= 15 is 0 Å². The van der Waals surface area contributed by atoms with E-state index in [1.165, 1.54) is 19.1 Å². The Hall–Kier alpha value is -3.55. The van der Waals surface area contributed by atoms with E-state index in [1.54, 1.807) is 23.8 Å². The Morgan fingerprint density at radius 1 is 1.02 bits per heavy atom. The summed E-state index contributed by atoms with van der Waals surface area (Å²) in [6, 6.07) is 10.3. The lowest BCUT2D eigenvalue weighted by Gasteiger charge is -2.41. The van der Waals surface area contributed by atoms with E-state index in [2.05, 4.69) is 0 Å². The molecular weight excluding hydrogens is 566 g/mol. The molecule has 0 aromatic heterocycles. The van der Waals surface area contributed by atoms with Gasteiger partial charge in [0.1, 0.15) is 11.3 Å². The second-order valence-electron chi connectivity index (χ2n) is 9.18. The van der Waals surface area contributed by atoms with Crippen molar-refractivity contribution in [2.24, 2.45) is 0 Å². The highest BCUT2D eigenvalue weighted by Crippen LogP contribution is 2.48. The largest absolute Gasteiger partial charge is 0.494 e. The molecule has 0 saturated carbocycles. The zero-order chi connectivity index (χ0) is 29.9. The average molecular weight is 593 g/mol. The second-order valence-corrected chi connectivity index (χ2v) is 11.2. The fourth-order valence-electron chi connectivity index (χ4n) is 4.10. The smallest absolute Gasteiger partial charge is 0.416 e. The minimum Gasteiger partial charge on any atom is -0.494 e. The number of aryl methyl sites for hydroxylation is 1. The molecule has 14 heteroatoms. The summed E-state index contributed by atoms with van der Waals surface area (Å²) in [6.07, 6.45) is -11.9. The molecular formula is C26H26F6N2O5S. The van der Waals surface area contributed by atoms with E-state index in [9.17, 15) is 44.3 Å². The van der Waals surface area contributed by atoms with E-state index in [4.69, 9.17) is 4.74 Å². The molecule has 0 bridgehead atoms. The fourth-order valence-corrected chi connectivity index (χ4v) is 4.63. The van der Waals surface area contributed by atoms with Crippen LogP contribution < -0.4 is 14.8 Å². The standard InChI is InChI=1S/C26H26F6N2O5S/c1-3-40(37,38)34-23(36)21-20(17-7-5-16(2)6-8-17)15-24(26(30,31)32,33-22(21)35)18-9-11-19(12-10-18)39-14-4-13-25(27,28)29/h5-12H,3-4,13-15H2,1-2H3,(H,33,35)(H,34,36). The summed E-state index contributed by atoms with van der Waals surface area (Å²) in [4.78, 5) is 26.1. The molecule has 0 fully saturated rings. The van der Waals surface area contributed by atoms with Gasteiger partial charge in [-0.2, -0.15) is 26.3 Å². The van der Waals surface area contributed by atoms with Gasteiger partial charge in [0.15, 0.2) is 5.54 Å². The van der Waals surface area contributed by atoms with Crippen molar-refractivity contribution in [2.45, 2.75) is 51.0 Å². The summed E-state index contributed by atoms with van der Waals surface area (Å²) in [7, 11) is -4.15. The van der Waals surface area contributed by atoms with Crippen molar-refractivity contribution in [2.75, 3.05) is 12.4 Å². The molecule has 0 saturated heterocycles. The molecule has 2 aromatic carbocycles. The Labute approximate surface area is 226 Å². The molecule has 1 heterocycles. The van der Waals surface area contributed by atoms with Crippen molar-refractivity contribution in [3.05, 3.63) is 70.8 Å². The van der Waals surface area contributed by atoms with Crippen LogP contribution in [0, 0.1) is 6.92 Å². The molecule has 218 valence electrons. The van der Waals surface area contributed by atoms with Crippen molar-refractivity contribution in [1.29, 1.82) is 0 Å². The normalized spacial score (nSPS) is 18.4. The maximum atomic E-state index is 14.8. The third-order valence-corrected chi connectivity index (χ3v) is 7.51. The van der Waals surface area contributed by atoms with Gasteiger partial charge in [0, 0.05) is 12.8 Å². The number of hydrogen-bond donors (Lipinski definition) is 2. The molecule has 0 spiro atoms. The molecule has 1 unspecified atom stereocenters. The van der Waals surface area contributed by atoms with Gasteiger partial charge < -0.3 is 10.1 Å². The number of hydrogen-bond acceptors (Lipinski definition) is 5. The maximum absolute atomic E-state index is 14.8. The predicted molar refractivity (Wildman–Crippen MR) is 133 cm³/mol. The number of carbonyl (C=O) groups excluding carboxylic acids is 2. The van der Waals surface area contributed by atoms with Gasteiger partial charge in [0.25, 0.3) is 11.8 Å². The summed E-state index contributed by atoms with van der Waals surface area (Å²) >= 11 is 0. The molecule has 40 heavy (non-hydrogen) atoms. The molecule has 3 rings (SSSR count). The van der Waals surface area contributed by atoms with Crippen molar-refractivity contribution in [3.63, 3.8) is 0 Å². The second kappa shape index (κ2) is 11.5. The molecule has 1 aliphatic heterocycles. The van der Waals surface area contributed by atoms with Crippen LogP contribution in [0.3, 0.4) is 0 Å². The average Bonchev–Trinajstić information content (AvgIpc) is 2.85. The van der Waals surface area contributed by atoms with Crippen molar-refractivity contribution < 1.29 is 49.1 Å². The first kappa shape index (κ1) is 31.0. The van der Waals surface area contributed by atoms with Crippen LogP contribution in [0.5, 0.6) is 5.75 Å². The van der Waals surface area contributed by atoms with Gasteiger partial charge in [-0.25, -0.2) is 13.1 Å². The van der Waals surface area contributed by atoms with Crippen LogP contribution in [-0.2, 0) is 25.2 Å². The number of sulfonamides is 1. The number of benzene rings is 2. The van der Waals surface area contributed by atoms with Crippen LogP contribution in [0.2, 0.25) is 0 Å². The Balaban J connectivity index is 2.05. The van der Waals surface area contributed by atoms with Crippen LogP contribution in [0.4, 0.5) is 26.3 Å². The zero-order valence-corrected chi connectivity index (χ0v) is 22.2. The van der Waals surface area contributed by atoms with Crippen LogP contribution in [-0.4, -0.2) is 44.9 Å². The first-order chi connectivity index (χ1) is 18.5.